The summed E-state index contributed by atoms with van der Waals surface area (Å²) in [5.41, 5.74) is 6.78. The Kier molecular flexibility index (Phi) is 4.76. The molecule has 1 aliphatic rings. The smallest absolute Gasteiger partial charge is 0.343 e. The van der Waals surface area contributed by atoms with Crippen LogP contribution in [0, 0.1) is 6.92 Å². The van der Waals surface area contributed by atoms with Crippen molar-refractivity contribution in [2.24, 2.45) is 0 Å². The first-order valence-corrected chi connectivity index (χ1v) is 7.19. The van der Waals surface area contributed by atoms with E-state index in [2.05, 4.69) is 14.9 Å². The van der Waals surface area contributed by atoms with E-state index in [1.54, 1.807) is 13.8 Å². The maximum absolute atomic E-state index is 11.8. The maximum Gasteiger partial charge on any atom is 0.343 e. The van der Waals surface area contributed by atoms with Crippen molar-refractivity contribution in [2.75, 3.05) is 30.3 Å². The van der Waals surface area contributed by atoms with Gasteiger partial charge in [-0.15, -0.1) is 0 Å². The lowest BCUT2D eigenvalue weighted by atomic mass is 10.2. The molecule has 0 spiro atoms. The molecule has 1 aromatic rings. The number of ether oxygens (including phenoxy) is 1. The van der Waals surface area contributed by atoms with Gasteiger partial charge in [-0.3, -0.25) is 0 Å². The molecule has 110 valence electrons. The largest absolute Gasteiger partial charge is 0.462 e. The van der Waals surface area contributed by atoms with Crippen LogP contribution in [-0.2, 0) is 4.74 Å². The highest BCUT2D eigenvalue weighted by Crippen LogP contribution is 2.21. The first-order valence-electron chi connectivity index (χ1n) is 7.19. The zero-order chi connectivity index (χ0) is 14.5. The number of nitrogens with two attached hydrogens (primary N) is 1. The van der Waals surface area contributed by atoms with Crippen molar-refractivity contribution in [3.05, 3.63) is 11.3 Å². The monoisotopic (exact) mass is 278 g/mol. The quantitative estimate of drug-likeness (QED) is 0.851. The fourth-order valence-corrected chi connectivity index (χ4v) is 2.45. The molecule has 1 aromatic heterocycles. The van der Waals surface area contributed by atoms with Gasteiger partial charge in [0, 0.05) is 13.1 Å². The van der Waals surface area contributed by atoms with E-state index in [9.17, 15) is 4.79 Å². The Morgan fingerprint density at radius 3 is 2.45 bits per heavy atom. The Labute approximate surface area is 119 Å². The molecule has 2 rings (SSSR count). The second-order valence-electron chi connectivity index (χ2n) is 4.99. The van der Waals surface area contributed by atoms with Crippen molar-refractivity contribution in [3.63, 3.8) is 0 Å². The summed E-state index contributed by atoms with van der Waals surface area (Å²) < 4.78 is 4.98. The molecule has 20 heavy (non-hydrogen) atoms. The highest BCUT2D eigenvalue weighted by Gasteiger charge is 2.20. The number of rotatable bonds is 3. The lowest BCUT2D eigenvalue weighted by Gasteiger charge is -2.21. The normalized spacial score (nSPS) is 15.8. The lowest BCUT2D eigenvalue weighted by molar-refractivity contribution is 0.0526. The van der Waals surface area contributed by atoms with E-state index in [1.165, 1.54) is 12.8 Å². The Balaban J connectivity index is 2.26. The van der Waals surface area contributed by atoms with Crippen molar-refractivity contribution in [2.45, 2.75) is 39.5 Å². The van der Waals surface area contributed by atoms with Crippen molar-refractivity contribution >= 4 is 17.7 Å². The molecule has 0 bridgehead atoms. The zero-order valence-corrected chi connectivity index (χ0v) is 12.2. The number of hydrogen-bond acceptors (Lipinski definition) is 6. The van der Waals surface area contributed by atoms with Gasteiger partial charge in [-0.05, 0) is 26.7 Å². The number of aryl methyl sites for hydroxylation is 1. The van der Waals surface area contributed by atoms with E-state index in [1.807, 2.05) is 0 Å². The lowest BCUT2D eigenvalue weighted by Crippen LogP contribution is -2.27. The van der Waals surface area contributed by atoms with Gasteiger partial charge in [0.25, 0.3) is 0 Å². The first-order chi connectivity index (χ1) is 9.63. The predicted octanol–water partition coefficient (Wildman–Crippen LogP) is 1.92. The van der Waals surface area contributed by atoms with Crippen LogP contribution in [0.15, 0.2) is 0 Å². The van der Waals surface area contributed by atoms with Crippen LogP contribution < -0.4 is 10.6 Å². The minimum atomic E-state index is -0.454. The summed E-state index contributed by atoms with van der Waals surface area (Å²) in [7, 11) is 0. The highest BCUT2D eigenvalue weighted by molar-refractivity contribution is 5.95. The van der Waals surface area contributed by atoms with Crippen LogP contribution in [0.3, 0.4) is 0 Å². The Morgan fingerprint density at radius 2 is 1.90 bits per heavy atom. The third-order valence-electron chi connectivity index (χ3n) is 3.47. The van der Waals surface area contributed by atoms with Gasteiger partial charge in [-0.2, -0.15) is 4.98 Å². The summed E-state index contributed by atoms with van der Waals surface area (Å²) in [6, 6.07) is 0. The van der Waals surface area contributed by atoms with E-state index < -0.39 is 5.97 Å². The van der Waals surface area contributed by atoms with Crippen LogP contribution in [0.1, 0.15) is 48.7 Å². The van der Waals surface area contributed by atoms with Gasteiger partial charge in [-0.25, -0.2) is 9.78 Å². The molecule has 2 N–H and O–H groups in total. The molecular formula is C14H22N4O2. The van der Waals surface area contributed by atoms with Crippen LogP contribution in [-0.4, -0.2) is 35.6 Å². The molecule has 0 unspecified atom stereocenters. The van der Waals surface area contributed by atoms with Crippen LogP contribution in [0.4, 0.5) is 11.8 Å². The molecule has 0 saturated carbocycles. The molecule has 1 aliphatic heterocycles. The van der Waals surface area contributed by atoms with E-state index >= 15 is 0 Å². The molecule has 0 amide bonds. The van der Waals surface area contributed by atoms with Gasteiger partial charge in [-0.1, -0.05) is 12.8 Å². The molecule has 0 aromatic carbocycles. The zero-order valence-electron chi connectivity index (χ0n) is 12.2. The number of carbonyl (C=O) groups excluding carboxylic acids is 1. The second kappa shape index (κ2) is 6.54. The molecule has 0 atom stereocenters. The van der Waals surface area contributed by atoms with Crippen LogP contribution in [0.25, 0.3) is 0 Å². The number of nitrogens with zero attached hydrogens (tertiary/aromatic N) is 3. The van der Waals surface area contributed by atoms with Crippen LogP contribution >= 0.6 is 0 Å². The van der Waals surface area contributed by atoms with Crippen molar-refractivity contribution in [1.82, 2.24) is 9.97 Å². The van der Waals surface area contributed by atoms with Gasteiger partial charge in [0.2, 0.25) is 5.95 Å². The average molecular weight is 278 g/mol. The number of nitrogen functional groups attached to an aromatic ring is 1. The molecule has 1 fully saturated rings. The van der Waals surface area contributed by atoms with E-state index in [4.69, 9.17) is 10.5 Å². The molecule has 2 heterocycles. The Hall–Kier alpha value is -1.85. The molecule has 6 nitrogen and oxygen atoms in total. The minimum Gasteiger partial charge on any atom is -0.462 e. The molecule has 6 heteroatoms. The maximum atomic E-state index is 11.8. The van der Waals surface area contributed by atoms with Gasteiger partial charge in [0.1, 0.15) is 11.4 Å². The summed E-state index contributed by atoms with van der Waals surface area (Å²) in [5.74, 6) is 0.370. The number of hydrogen-bond donors (Lipinski definition) is 1. The fraction of sp³-hybridized carbons (Fsp3) is 0.643. The number of anilines is 2. The van der Waals surface area contributed by atoms with Crippen molar-refractivity contribution in [3.8, 4) is 0 Å². The minimum absolute atomic E-state index is 0.204. The van der Waals surface area contributed by atoms with Crippen LogP contribution in [0.2, 0.25) is 0 Å². The van der Waals surface area contributed by atoms with Crippen molar-refractivity contribution < 1.29 is 9.53 Å². The molecule has 0 radical (unpaired) electrons. The molecule has 1 saturated heterocycles. The van der Waals surface area contributed by atoms with Gasteiger partial charge < -0.3 is 15.4 Å². The number of carbonyl (C=O) groups is 1. The predicted molar refractivity (Wildman–Crippen MR) is 77.8 cm³/mol. The topological polar surface area (TPSA) is 81.3 Å². The van der Waals surface area contributed by atoms with Gasteiger partial charge in [0.15, 0.2) is 0 Å². The third kappa shape index (κ3) is 3.18. The fourth-order valence-electron chi connectivity index (χ4n) is 2.45. The summed E-state index contributed by atoms with van der Waals surface area (Å²) in [6.07, 6.45) is 4.77. The van der Waals surface area contributed by atoms with E-state index in [0.29, 0.717) is 18.2 Å². The van der Waals surface area contributed by atoms with Crippen LogP contribution in [0.5, 0.6) is 0 Å². The van der Waals surface area contributed by atoms with E-state index in [0.717, 1.165) is 25.9 Å². The standard InChI is InChI=1S/C14H22N4O2/c1-3-20-13(19)11-10(2)16-14(17-12(11)15)18-8-6-4-5-7-9-18/h3-9H2,1-2H3,(H2,15,16,17). The number of aromatic nitrogens is 2. The molecular weight excluding hydrogens is 256 g/mol. The SMILES string of the molecule is CCOC(=O)c1c(C)nc(N2CCCCCC2)nc1N. The summed E-state index contributed by atoms with van der Waals surface area (Å²) in [5, 5.41) is 0. The summed E-state index contributed by atoms with van der Waals surface area (Å²) >= 11 is 0. The van der Waals surface area contributed by atoms with Crippen molar-refractivity contribution in [1.29, 1.82) is 0 Å². The Bertz CT molecular complexity index is 459. The average Bonchev–Trinajstić information content (AvgIpc) is 2.66. The van der Waals surface area contributed by atoms with Gasteiger partial charge in [0.05, 0.1) is 12.3 Å². The first kappa shape index (κ1) is 14.6. The van der Waals surface area contributed by atoms with E-state index in [-0.39, 0.29) is 11.4 Å². The molecule has 0 aliphatic carbocycles. The summed E-state index contributed by atoms with van der Waals surface area (Å²) in [6.45, 7) is 5.72. The second-order valence-corrected chi connectivity index (χ2v) is 4.99. The summed E-state index contributed by atoms with van der Waals surface area (Å²) in [4.78, 5) is 22.7. The highest BCUT2D eigenvalue weighted by atomic mass is 16.5. The van der Waals surface area contributed by atoms with Gasteiger partial charge >= 0.3 is 5.97 Å². The number of esters is 1. The Morgan fingerprint density at radius 1 is 1.25 bits per heavy atom. The third-order valence-corrected chi connectivity index (χ3v) is 3.47.